The number of carbonyl (C=O) groups excluding carboxylic acids is 1. The van der Waals surface area contributed by atoms with Crippen molar-refractivity contribution in [2.75, 3.05) is 14.2 Å². The lowest BCUT2D eigenvalue weighted by Crippen LogP contribution is -2.23. The number of para-hydroxylation sites is 1. The van der Waals surface area contributed by atoms with Gasteiger partial charge in [-0.05, 0) is 30.3 Å². The largest absolute Gasteiger partial charge is 0.493 e. The van der Waals surface area contributed by atoms with Crippen LogP contribution >= 0.6 is 11.3 Å². The van der Waals surface area contributed by atoms with Crippen LogP contribution < -0.4 is 14.8 Å². The fourth-order valence-electron chi connectivity index (χ4n) is 3.63. The van der Waals surface area contributed by atoms with Gasteiger partial charge in [0.1, 0.15) is 0 Å². The van der Waals surface area contributed by atoms with Gasteiger partial charge in [0.15, 0.2) is 16.5 Å². The van der Waals surface area contributed by atoms with Gasteiger partial charge in [-0.1, -0.05) is 18.2 Å². The van der Waals surface area contributed by atoms with E-state index in [1.54, 1.807) is 25.6 Å². The average molecular weight is 445 g/mol. The molecule has 32 heavy (non-hydrogen) atoms. The van der Waals surface area contributed by atoms with Gasteiger partial charge in [-0.2, -0.15) is 0 Å². The number of aromatic nitrogens is 3. The number of amides is 1. The van der Waals surface area contributed by atoms with E-state index < -0.39 is 0 Å². The highest BCUT2D eigenvalue weighted by Crippen LogP contribution is 2.33. The van der Waals surface area contributed by atoms with Crippen LogP contribution in [0.25, 0.3) is 27.1 Å². The van der Waals surface area contributed by atoms with Crippen LogP contribution in [0.3, 0.4) is 0 Å². The Hall–Kier alpha value is -3.91. The first kappa shape index (κ1) is 20.0. The number of benzene rings is 2. The molecule has 2 aromatic carbocycles. The van der Waals surface area contributed by atoms with Crippen molar-refractivity contribution in [3.63, 3.8) is 0 Å². The number of imidazole rings is 1. The van der Waals surface area contributed by atoms with Crippen LogP contribution in [-0.4, -0.2) is 34.5 Å². The Kier molecular flexibility index (Phi) is 5.20. The molecule has 0 saturated heterocycles. The van der Waals surface area contributed by atoms with E-state index in [1.807, 2.05) is 70.7 Å². The maximum Gasteiger partial charge on any atom is 0.252 e. The number of hydrogen-bond acceptors (Lipinski definition) is 6. The number of hydrogen-bond donors (Lipinski definition) is 1. The van der Waals surface area contributed by atoms with Crippen molar-refractivity contribution < 1.29 is 14.3 Å². The van der Waals surface area contributed by atoms with Crippen LogP contribution in [0, 0.1) is 0 Å². The standard InChI is InChI=1S/C24H20N4O3S/c1-30-21-8-7-15(11-22(21)31-2)20-12-18(17-5-3-4-6-19(17)27-20)23(29)25-13-16-14-28-9-10-32-24(28)26-16/h3-12,14H,13H2,1-2H3,(H,25,29). The zero-order valence-corrected chi connectivity index (χ0v) is 18.3. The van der Waals surface area contributed by atoms with Gasteiger partial charge < -0.3 is 14.8 Å². The molecule has 8 heteroatoms. The summed E-state index contributed by atoms with van der Waals surface area (Å²) in [6.45, 7) is 0.343. The zero-order chi connectivity index (χ0) is 22.1. The number of carbonyl (C=O) groups is 1. The summed E-state index contributed by atoms with van der Waals surface area (Å²) >= 11 is 1.56. The monoisotopic (exact) mass is 444 g/mol. The van der Waals surface area contributed by atoms with Gasteiger partial charge in [0.25, 0.3) is 5.91 Å². The number of rotatable bonds is 6. The fourth-order valence-corrected chi connectivity index (χ4v) is 4.35. The molecule has 0 radical (unpaired) electrons. The molecule has 0 saturated carbocycles. The third kappa shape index (κ3) is 3.65. The van der Waals surface area contributed by atoms with Gasteiger partial charge in [0.05, 0.1) is 43.2 Å². The number of nitrogens with one attached hydrogen (secondary N) is 1. The number of nitrogens with zero attached hydrogens (tertiary/aromatic N) is 3. The summed E-state index contributed by atoms with van der Waals surface area (Å²) in [6.07, 6.45) is 3.87. The second-order valence-electron chi connectivity index (χ2n) is 7.15. The van der Waals surface area contributed by atoms with E-state index in [2.05, 4.69) is 10.3 Å². The molecule has 0 unspecified atom stereocenters. The molecule has 7 nitrogen and oxygen atoms in total. The minimum Gasteiger partial charge on any atom is -0.493 e. The highest BCUT2D eigenvalue weighted by Gasteiger charge is 2.16. The molecule has 0 bridgehead atoms. The third-order valence-corrected chi connectivity index (χ3v) is 5.98. The summed E-state index contributed by atoms with van der Waals surface area (Å²) in [7, 11) is 3.19. The Bertz CT molecular complexity index is 1410. The lowest BCUT2D eigenvalue weighted by atomic mass is 10.0. The van der Waals surface area contributed by atoms with E-state index >= 15 is 0 Å². The molecule has 0 spiro atoms. The van der Waals surface area contributed by atoms with Crippen molar-refractivity contribution in [3.8, 4) is 22.8 Å². The van der Waals surface area contributed by atoms with E-state index in [0.717, 1.165) is 27.1 Å². The number of fused-ring (bicyclic) bond motifs is 2. The van der Waals surface area contributed by atoms with Crippen molar-refractivity contribution >= 4 is 33.1 Å². The molecule has 3 aromatic heterocycles. The zero-order valence-electron chi connectivity index (χ0n) is 17.5. The first-order chi connectivity index (χ1) is 15.7. The third-order valence-electron chi connectivity index (χ3n) is 5.21. The molecule has 5 rings (SSSR count). The van der Waals surface area contributed by atoms with Crippen molar-refractivity contribution in [1.29, 1.82) is 0 Å². The Balaban J connectivity index is 1.50. The molecular weight excluding hydrogens is 424 g/mol. The molecule has 0 fully saturated rings. The SMILES string of the molecule is COc1ccc(-c2cc(C(=O)NCc3cn4ccsc4n3)c3ccccc3n2)cc1OC. The van der Waals surface area contributed by atoms with E-state index in [1.165, 1.54) is 0 Å². The summed E-state index contributed by atoms with van der Waals surface area (Å²) in [6, 6.07) is 15.0. The van der Waals surface area contributed by atoms with Crippen LogP contribution in [0.4, 0.5) is 0 Å². The molecule has 0 aliphatic heterocycles. The quantitative estimate of drug-likeness (QED) is 0.416. The minimum absolute atomic E-state index is 0.179. The molecule has 0 aliphatic rings. The maximum absolute atomic E-state index is 13.2. The van der Waals surface area contributed by atoms with E-state index in [9.17, 15) is 4.79 Å². The van der Waals surface area contributed by atoms with E-state index in [-0.39, 0.29) is 5.91 Å². The fraction of sp³-hybridized carbons (Fsp3) is 0.125. The van der Waals surface area contributed by atoms with Gasteiger partial charge in [-0.15, -0.1) is 11.3 Å². The second-order valence-corrected chi connectivity index (χ2v) is 8.02. The van der Waals surface area contributed by atoms with Gasteiger partial charge in [-0.25, -0.2) is 9.97 Å². The summed E-state index contributed by atoms with van der Waals surface area (Å²) in [5, 5.41) is 5.76. The predicted octanol–water partition coefficient (Wildman–Crippen LogP) is 4.56. The van der Waals surface area contributed by atoms with Crippen molar-refractivity contribution in [2.45, 2.75) is 6.54 Å². The molecule has 5 aromatic rings. The van der Waals surface area contributed by atoms with Crippen molar-refractivity contribution in [1.82, 2.24) is 19.7 Å². The van der Waals surface area contributed by atoms with Gasteiger partial charge >= 0.3 is 0 Å². The molecular formula is C24H20N4O3S. The minimum atomic E-state index is -0.179. The Labute approximate surface area is 188 Å². The summed E-state index contributed by atoms with van der Waals surface area (Å²) in [5.41, 5.74) is 3.62. The molecule has 0 atom stereocenters. The lowest BCUT2D eigenvalue weighted by molar-refractivity contribution is 0.0952. The van der Waals surface area contributed by atoms with E-state index in [0.29, 0.717) is 29.3 Å². The normalized spacial score (nSPS) is 11.1. The summed E-state index contributed by atoms with van der Waals surface area (Å²) in [5.74, 6) is 1.06. The van der Waals surface area contributed by atoms with Crippen LogP contribution in [-0.2, 0) is 6.54 Å². The van der Waals surface area contributed by atoms with Crippen LogP contribution in [0.2, 0.25) is 0 Å². The number of ether oxygens (including phenoxy) is 2. The van der Waals surface area contributed by atoms with Crippen molar-refractivity contribution in [2.24, 2.45) is 0 Å². The first-order valence-corrected chi connectivity index (χ1v) is 10.9. The Morgan fingerprint density at radius 3 is 2.72 bits per heavy atom. The van der Waals surface area contributed by atoms with Crippen LogP contribution in [0.15, 0.2) is 66.3 Å². The Morgan fingerprint density at radius 2 is 1.91 bits per heavy atom. The highest BCUT2D eigenvalue weighted by molar-refractivity contribution is 7.15. The van der Waals surface area contributed by atoms with E-state index in [4.69, 9.17) is 14.5 Å². The van der Waals surface area contributed by atoms with Crippen LogP contribution in [0.1, 0.15) is 16.1 Å². The smallest absolute Gasteiger partial charge is 0.252 e. The summed E-state index contributed by atoms with van der Waals surface area (Å²) < 4.78 is 12.7. The number of pyridine rings is 1. The maximum atomic E-state index is 13.2. The van der Waals surface area contributed by atoms with Crippen LogP contribution in [0.5, 0.6) is 11.5 Å². The van der Waals surface area contributed by atoms with Gasteiger partial charge in [0, 0.05) is 28.7 Å². The Morgan fingerprint density at radius 1 is 1.06 bits per heavy atom. The first-order valence-electron chi connectivity index (χ1n) is 9.97. The summed E-state index contributed by atoms with van der Waals surface area (Å²) in [4.78, 5) is 23.4. The number of methoxy groups -OCH3 is 2. The molecule has 160 valence electrons. The van der Waals surface area contributed by atoms with Crippen molar-refractivity contribution in [3.05, 3.63) is 77.6 Å². The lowest BCUT2D eigenvalue weighted by Gasteiger charge is -2.12. The number of thiazole rings is 1. The second kappa shape index (κ2) is 8.32. The molecule has 0 aliphatic carbocycles. The highest BCUT2D eigenvalue weighted by atomic mass is 32.1. The van der Waals surface area contributed by atoms with Gasteiger partial charge in [0.2, 0.25) is 0 Å². The molecule has 1 N–H and O–H groups in total. The predicted molar refractivity (Wildman–Crippen MR) is 125 cm³/mol. The average Bonchev–Trinajstić information content (AvgIpc) is 3.43. The molecule has 3 heterocycles. The molecule has 1 amide bonds. The van der Waals surface area contributed by atoms with Gasteiger partial charge in [-0.3, -0.25) is 9.20 Å². The topological polar surface area (TPSA) is 77.8 Å².